The van der Waals surface area contributed by atoms with Crippen molar-refractivity contribution < 1.29 is 28.8 Å². The number of amides is 2. The Morgan fingerprint density at radius 3 is 2.81 bits per heavy atom. The summed E-state index contributed by atoms with van der Waals surface area (Å²) in [7, 11) is 1.58. The van der Waals surface area contributed by atoms with Gasteiger partial charge in [0, 0.05) is 11.1 Å². The molecule has 2 amide bonds. The van der Waals surface area contributed by atoms with Crippen LogP contribution < -0.4 is 15.8 Å². The van der Waals surface area contributed by atoms with Gasteiger partial charge in [-0.25, -0.2) is 4.79 Å². The number of fused-ring (bicyclic) bond motifs is 3. The molecule has 26 heavy (non-hydrogen) atoms. The highest BCUT2D eigenvalue weighted by molar-refractivity contribution is 5.98. The standard InChI is InChI=1S/C17H17N3O6/c1-25-9-3-5-10-8(6-9)2-4-11-14(20-26-15(10)11)16(22)19-12(17(23)24)7-13(18)21/h3,5-6,12H,2,4,7H2,1H3,(H2,18,21)(H,19,22)(H,23,24)/t12-/m0/s1. The third-order valence-electron chi connectivity index (χ3n) is 4.21. The Morgan fingerprint density at radius 1 is 1.38 bits per heavy atom. The summed E-state index contributed by atoms with van der Waals surface area (Å²) in [6, 6.07) is 4.08. The molecule has 0 unspecified atom stereocenters. The van der Waals surface area contributed by atoms with Crippen molar-refractivity contribution in [1.82, 2.24) is 10.5 Å². The molecule has 1 aliphatic rings. The van der Waals surface area contributed by atoms with E-state index in [1.807, 2.05) is 12.1 Å². The van der Waals surface area contributed by atoms with Crippen molar-refractivity contribution in [3.8, 4) is 17.1 Å². The maximum atomic E-state index is 12.4. The van der Waals surface area contributed by atoms with Crippen molar-refractivity contribution in [2.75, 3.05) is 7.11 Å². The Kier molecular flexibility index (Phi) is 4.61. The van der Waals surface area contributed by atoms with E-state index in [-0.39, 0.29) is 5.69 Å². The second kappa shape index (κ2) is 6.87. The Balaban J connectivity index is 1.87. The van der Waals surface area contributed by atoms with Crippen molar-refractivity contribution in [1.29, 1.82) is 0 Å². The Hall–Kier alpha value is -3.36. The van der Waals surface area contributed by atoms with Crippen molar-refractivity contribution in [2.45, 2.75) is 25.3 Å². The number of ether oxygens (including phenoxy) is 1. The number of hydrogen-bond acceptors (Lipinski definition) is 6. The number of aliphatic carboxylic acids is 1. The van der Waals surface area contributed by atoms with E-state index in [9.17, 15) is 14.4 Å². The topological polar surface area (TPSA) is 145 Å². The van der Waals surface area contributed by atoms with Crippen LogP contribution in [0.5, 0.6) is 5.75 Å². The molecule has 0 fully saturated rings. The van der Waals surface area contributed by atoms with E-state index in [4.69, 9.17) is 20.1 Å². The van der Waals surface area contributed by atoms with Gasteiger partial charge in [0.25, 0.3) is 5.91 Å². The molecule has 0 saturated heterocycles. The molecule has 0 saturated carbocycles. The first-order valence-corrected chi connectivity index (χ1v) is 7.88. The molecule has 0 aliphatic heterocycles. The van der Waals surface area contributed by atoms with Crippen LogP contribution in [0.4, 0.5) is 0 Å². The van der Waals surface area contributed by atoms with Gasteiger partial charge in [-0.2, -0.15) is 0 Å². The fourth-order valence-corrected chi connectivity index (χ4v) is 2.94. The summed E-state index contributed by atoms with van der Waals surface area (Å²) in [6.45, 7) is 0. The SMILES string of the molecule is COc1ccc2c(c1)CCc1c(C(=O)N[C@@H](CC(N)=O)C(=O)O)noc1-2. The highest BCUT2D eigenvalue weighted by Crippen LogP contribution is 2.36. The van der Waals surface area contributed by atoms with Gasteiger partial charge in [-0.3, -0.25) is 9.59 Å². The second-order valence-electron chi connectivity index (χ2n) is 5.90. The number of aryl methyl sites for hydroxylation is 1. The summed E-state index contributed by atoms with van der Waals surface area (Å²) in [5.41, 5.74) is 7.45. The number of carbonyl (C=O) groups is 3. The highest BCUT2D eigenvalue weighted by Gasteiger charge is 2.30. The number of carboxylic acids is 1. The monoisotopic (exact) mass is 359 g/mol. The number of carboxylic acid groups (broad SMARTS) is 1. The van der Waals surface area contributed by atoms with Crippen LogP contribution in [0, 0.1) is 0 Å². The van der Waals surface area contributed by atoms with Gasteiger partial charge in [-0.15, -0.1) is 0 Å². The number of nitrogens with one attached hydrogen (secondary N) is 1. The van der Waals surface area contributed by atoms with Gasteiger partial charge in [0.1, 0.15) is 11.8 Å². The van der Waals surface area contributed by atoms with E-state index >= 15 is 0 Å². The zero-order chi connectivity index (χ0) is 18.8. The van der Waals surface area contributed by atoms with Gasteiger partial charge in [-0.1, -0.05) is 5.16 Å². The lowest BCUT2D eigenvalue weighted by atomic mass is 9.89. The molecule has 1 aromatic carbocycles. The minimum absolute atomic E-state index is 0.0113. The molecule has 1 aliphatic carbocycles. The molecule has 1 aromatic heterocycles. The molecule has 9 heteroatoms. The van der Waals surface area contributed by atoms with Crippen molar-refractivity contribution in [2.24, 2.45) is 5.73 Å². The van der Waals surface area contributed by atoms with Crippen LogP contribution in [0.25, 0.3) is 11.3 Å². The average molecular weight is 359 g/mol. The third-order valence-corrected chi connectivity index (χ3v) is 4.21. The zero-order valence-corrected chi connectivity index (χ0v) is 13.9. The molecular formula is C17H17N3O6. The molecule has 0 radical (unpaired) electrons. The fraction of sp³-hybridized carbons (Fsp3) is 0.294. The summed E-state index contributed by atoms with van der Waals surface area (Å²) in [5.74, 6) is -1.71. The molecular weight excluding hydrogens is 342 g/mol. The van der Waals surface area contributed by atoms with Gasteiger partial charge in [0.15, 0.2) is 11.5 Å². The maximum absolute atomic E-state index is 12.4. The number of carbonyl (C=O) groups excluding carboxylic acids is 2. The van der Waals surface area contributed by atoms with Gasteiger partial charge in [0.05, 0.1) is 13.5 Å². The lowest BCUT2D eigenvalue weighted by Crippen LogP contribution is -2.43. The second-order valence-corrected chi connectivity index (χ2v) is 5.90. The van der Waals surface area contributed by atoms with E-state index in [1.54, 1.807) is 13.2 Å². The number of nitrogens with zero attached hydrogens (tertiary/aromatic N) is 1. The summed E-state index contributed by atoms with van der Waals surface area (Å²) in [5, 5.41) is 15.2. The van der Waals surface area contributed by atoms with E-state index < -0.39 is 30.2 Å². The first-order chi connectivity index (χ1) is 12.4. The van der Waals surface area contributed by atoms with Crippen LogP contribution in [0.15, 0.2) is 22.7 Å². The van der Waals surface area contributed by atoms with Crippen LogP contribution in [0.3, 0.4) is 0 Å². The Morgan fingerprint density at radius 2 is 2.15 bits per heavy atom. The van der Waals surface area contributed by atoms with Gasteiger partial charge < -0.3 is 25.4 Å². The van der Waals surface area contributed by atoms with E-state index in [2.05, 4.69) is 10.5 Å². The molecule has 0 spiro atoms. The van der Waals surface area contributed by atoms with Crippen LogP contribution >= 0.6 is 0 Å². The van der Waals surface area contributed by atoms with E-state index in [0.717, 1.165) is 16.9 Å². The van der Waals surface area contributed by atoms with Gasteiger partial charge >= 0.3 is 5.97 Å². The lowest BCUT2D eigenvalue weighted by Gasteiger charge is -2.16. The molecule has 1 heterocycles. The number of nitrogens with two attached hydrogens (primary N) is 1. The van der Waals surface area contributed by atoms with Crippen molar-refractivity contribution >= 4 is 17.8 Å². The van der Waals surface area contributed by atoms with Crippen molar-refractivity contribution in [3.05, 3.63) is 35.0 Å². The van der Waals surface area contributed by atoms with Crippen LogP contribution in [-0.4, -0.2) is 41.2 Å². The van der Waals surface area contributed by atoms with E-state index in [1.165, 1.54) is 0 Å². The predicted molar refractivity (Wildman–Crippen MR) is 88.6 cm³/mol. The van der Waals surface area contributed by atoms with Crippen LogP contribution in [-0.2, 0) is 22.4 Å². The molecule has 3 rings (SSSR count). The number of hydrogen-bond donors (Lipinski definition) is 3. The molecule has 136 valence electrons. The quantitative estimate of drug-likeness (QED) is 0.681. The number of primary amides is 1. The van der Waals surface area contributed by atoms with E-state index in [0.29, 0.717) is 24.2 Å². The summed E-state index contributed by atoms with van der Waals surface area (Å²) in [6.07, 6.45) is 0.656. The normalized spacial score (nSPS) is 13.3. The predicted octanol–water partition coefficient (Wildman–Crippen LogP) is 0.507. The molecule has 2 aromatic rings. The molecule has 4 N–H and O–H groups in total. The number of methoxy groups -OCH3 is 1. The highest BCUT2D eigenvalue weighted by atomic mass is 16.5. The maximum Gasteiger partial charge on any atom is 0.326 e. The average Bonchev–Trinajstić information content (AvgIpc) is 3.04. The Labute approximate surface area is 148 Å². The Bertz CT molecular complexity index is 889. The third kappa shape index (κ3) is 3.23. The first kappa shape index (κ1) is 17.5. The summed E-state index contributed by atoms with van der Waals surface area (Å²) in [4.78, 5) is 34.6. The largest absolute Gasteiger partial charge is 0.497 e. The smallest absolute Gasteiger partial charge is 0.326 e. The van der Waals surface area contributed by atoms with Gasteiger partial charge in [-0.05, 0) is 36.6 Å². The minimum atomic E-state index is -1.42. The number of benzene rings is 1. The fourth-order valence-electron chi connectivity index (χ4n) is 2.94. The lowest BCUT2D eigenvalue weighted by molar-refractivity contribution is -0.140. The van der Waals surface area contributed by atoms with Crippen LogP contribution in [0.2, 0.25) is 0 Å². The number of rotatable bonds is 6. The van der Waals surface area contributed by atoms with Crippen molar-refractivity contribution in [3.63, 3.8) is 0 Å². The molecule has 9 nitrogen and oxygen atoms in total. The van der Waals surface area contributed by atoms with Crippen LogP contribution in [0.1, 0.15) is 28.0 Å². The zero-order valence-electron chi connectivity index (χ0n) is 13.9. The van der Waals surface area contributed by atoms with Gasteiger partial charge in [0.2, 0.25) is 5.91 Å². The summed E-state index contributed by atoms with van der Waals surface area (Å²) < 4.78 is 10.5. The number of aromatic nitrogens is 1. The minimum Gasteiger partial charge on any atom is -0.497 e. The molecule has 1 atom stereocenters. The molecule has 0 bridgehead atoms. The summed E-state index contributed by atoms with van der Waals surface area (Å²) >= 11 is 0. The first-order valence-electron chi connectivity index (χ1n) is 7.88.